The first-order valence-corrected chi connectivity index (χ1v) is 8.26. The zero-order chi connectivity index (χ0) is 15.1. The average Bonchev–Trinajstić information content (AvgIpc) is 2.77. The van der Waals surface area contributed by atoms with Crippen molar-refractivity contribution in [1.82, 2.24) is 0 Å². The highest BCUT2D eigenvalue weighted by molar-refractivity contribution is 5.30. The standard InChI is InChI=1S/C18H29NO2/c1-21-16-10-8-15(9-11-16)17(13-19)18(20)12-14-6-4-2-3-5-7-14/h8-11,14,17-18,20H,2-7,12-13,19H2,1H3. The summed E-state index contributed by atoms with van der Waals surface area (Å²) in [6.45, 7) is 0.486. The monoisotopic (exact) mass is 291 g/mol. The summed E-state index contributed by atoms with van der Waals surface area (Å²) in [6, 6.07) is 7.92. The number of hydrogen-bond acceptors (Lipinski definition) is 3. The van der Waals surface area contributed by atoms with Gasteiger partial charge >= 0.3 is 0 Å². The minimum Gasteiger partial charge on any atom is -0.497 e. The Bertz CT molecular complexity index is 396. The molecule has 1 aliphatic rings. The topological polar surface area (TPSA) is 55.5 Å². The predicted octanol–water partition coefficient (Wildman–Crippen LogP) is 3.46. The van der Waals surface area contributed by atoms with Gasteiger partial charge in [0.1, 0.15) is 5.75 Å². The molecule has 1 saturated carbocycles. The molecule has 2 unspecified atom stereocenters. The van der Waals surface area contributed by atoms with Crippen LogP contribution in [-0.4, -0.2) is 24.9 Å². The fraction of sp³-hybridized carbons (Fsp3) is 0.667. The van der Waals surface area contributed by atoms with Crippen LogP contribution in [0.15, 0.2) is 24.3 Å². The van der Waals surface area contributed by atoms with Crippen molar-refractivity contribution in [3.05, 3.63) is 29.8 Å². The van der Waals surface area contributed by atoms with Crippen LogP contribution in [0.3, 0.4) is 0 Å². The molecule has 1 aliphatic carbocycles. The minimum absolute atomic E-state index is 0.0270. The number of benzene rings is 1. The summed E-state index contributed by atoms with van der Waals surface area (Å²) >= 11 is 0. The lowest BCUT2D eigenvalue weighted by Crippen LogP contribution is -2.28. The predicted molar refractivity (Wildman–Crippen MR) is 86.6 cm³/mol. The van der Waals surface area contributed by atoms with Gasteiger partial charge in [-0.15, -0.1) is 0 Å². The summed E-state index contributed by atoms with van der Waals surface area (Å²) in [5, 5.41) is 10.6. The zero-order valence-electron chi connectivity index (χ0n) is 13.1. The maximum Gasteiger partial charge on any atom is 0.118 e. The van der Waals surface area contributed by atoms with Crippen molar-refractivity contribution < 1.29 is 9.84 Å². The average molecular weight is 291 g/mol. The quantitative estimate of drug-likeness (QED) is 0.789. The number of aliphatic hydroxyl groups is 1. The molecule has 21 heavy (non-hydrogen) atoms. The van der Waals surface area contributed by atoms with Crippen molar-refractivity contribution in [2.45, 2.75) is 57.0 Å². The molecule has 0 aliphatic heterocycles. The van der Waals surface area contributed by atoms with Gasteiger partial charge in [0.05, 0.1) is 13.2 Å². The molecular formula is C18H29NO2. The van der Waals surface area contributed by atoms with Gasteiger partial charge in [0.2, 0.25) is 0 Å². The molecular weight excluding hydrogens is 262 g/mol. The fourth-order valence-corrected chi connectivity index (χ4v) is 3.47. The van der Waals surface area contributed by atoms with Gasteiger partial charge in [-0.05, 0) is 30.0 Å². The molecule has 1 aromatic rings. The van der Waals surface area contributed by atoms with Crippen LogP contribution in [0.5, 0.6) is 5.75 Å². The van der Waals surface area contributed by atoms with Gasteiger partial charge in [0, 0.05) is 12.5 Å². The number of aliphatic hydroxyl groups excluding tert-OH is 1. The van der Waals surface area contributed by atoms with Gasteiger partial charge in [-0.3, -0.25) is 0 Å². The second-order valence-corrected chi connectivity index (χ2v) is 6.28. The summed E-state index contributed by atoms with van der Waals surface area (Å²) in [5.41, 5.74) is 7.03. The Labute approximate surface area is 128 Å². The van der Waals surface area contributed by atoms with Crippen molar-refractivity contribution in [2.24, 2.45) is 11.7 Å². The summed E-state index contributed by atoms with van der Waals surface area (Å²) in [7, 11) is 1.66. The van der Waals surface area contributed by atoms with Crippen molar-refractivity contribution in [2.75, 3.05) is 13.7 Å². The molecule has 0 bridgehead atoms. The third kappa shape index (κ3) is 4.72. The Morgan fingerprint density at radius 2 is 1.76 bits per heavy atom. The molecule has 118 valence electrons. The molecule has 0 spiro atoms. The van der Waals surface area contributed by atoms with Gasteiger partial charge in [0.25, 0.3) is 0 Å². The van der Waals surface area contributed by atoms with E-state index in [9.17, 15) is 5.11 Å². The largest absolute Gasteiger partial charge is 0.497 e. The lowest BCUT2D eigenvalue weighted by molar-refractivity contribution is 0.112. The first-order valence-electron chi connectivity index (χ1n) is 8.26. The van der Waals surface area contributed by atoms with Crippen LogP contribution >= 0.6 is 0 Å². The highest BCUT2D eigenvalue weighted by atomic mass is 16.5. The van der Waals surface area contributed by atoms with Gasteiger partial charge in [-0.2, -0.15) is 0 Å². The van der Waals surface area contributed by atoms with Crippen molar-refractivity contribution in [3.63, 3.8) is 0 Å². The van der Waals surface area contributed by atoms with E-state index in [4.69, 9.17) is 10.5 Å². The SMILES string of the molecule is COc1ccc(C(CN)C(O)CC2CCCCCC2)cc1. The van der Waals surface area contributed by atoms with E-state index in [0.717, 1.165) is 17.7 Å². The maximum atomic E-state index is 10.6. The normalized spacial score (nSPS) is 19.8. The third-order valence-corrected chi connectivity index (χ3v) is 4.81. The number of ether oxygens (including phenoxy) is 1. The molecule has 0 radical (unpaired) electrons. The van der Waals surface area contributed by atoms with Gasteiger partial charge in [0.15, 0.2) is 0 Å². The number of hydrogen-bond donors (Lipinski definition) is 2. The lowest BCUT2D eigenvalue weighted by Gasteiger charge is -2.26. The van der Waals surface area contributed by atoms with E-state index in [1.165, 1.54) is 38.5 Å². The molecule has 1 fully saturated rings. The maximum absolute atomic E-state index is 10.6. The van der Waals surface area contributed by atoms with E-state index in [0.29, 0.717) is 12.5 Å². The van der Waals surface area contributed by atoms with Crippen LogP contribution in [0.25, 0.3) is 0 Å². The Morgan fingerprint density at radius 1 is 1.14 bits per heavy atom. The van der Waals surface area contributed by atoms with E-state index in [1.54, 1.807) is 7.11 Å². The molecule has 0 heterocycles. The second-order valence-electron chi connectivity index (χ2n) is 6.28. The fourth-order valence-electron chi connectivity index (χ4n) is 3.47. The smallest absolute Gasteiger partial charge is 0.118 e. The van der Waals surface area contributed by atoms with Crippen molar-refractivity contribution in [3.8, 4) is 5.75 Å². The van der Waals surface area contributed by atoms with Crippen LogP contribution in [0.2, 0.25) is 0 Å². The molecule has 2 rings (SSSR count). The molecule has 0 amide bonds. The Hall–Kier alpha value is -1.06. The van der Waals surface area contributed by atoms with Gasteiger partial charge < -0.3 is 15.6 Å². The minimum atomic E-state index is -0.341. The Morgan fingerprint density at radius 3 is 2.29 bits per heavy atom. The number of rotatable bonds is 6. The van der Waals surface area contributed by atoms with E-state index >= 15 is 0 Å². The van der Waals surface area contributed by atoms with E-state index < -0.39 is 0 Å². The summed E-state index contributed by atoms with van der Waals surface area (Å²) < 4.78 is 5.18. The molecule has 3 N–H and O–H groups in total. The Kier molecular flexibility index (Phi) is 6.52. The van der Waals surface area contributed by atoms with Gasteiger partial charge in [-0.25, -0.2) is 0 Å². The first-order chi connectivity index (χ1) is 10.2. The third-order valence-electron chi connectivity index (χ3n) is 4.81. The molecule has 3 nitrogen and oxygen atoms in total. The molecule has 3 heteroatoms. The van der Waals surface area contributed by atoms with Gasteiger partial charge in [-0.1, -0.05) is 50.7 Å². The number of nitrogens with two attached hydrogens (primary N) is 1. The highest BCUT2D eigenvalue weighted by Crippen LogP contribution is 2.31. The van der Waals surface area contributed by atoms with E-state index in [-0.39, 0.29) is 12.0 Å². The summed E-state index contributed by atoms with van der Waals surface area (Å²) in [5.74, 6) is 1.53. The number of methoxy groups -OCH3 is 1. The summed E-state index contributed by atoms with van der Waals surface area (Å²) in [6.07, 6.45) is 8.39. The zero-order valence-corrected chi connectivity index (χ0v) is 13.1. The van der Waals surface area contributed by atoms with Crippen LogP contribution in [0, 0.1) is 5.92 Å². The Balaban J connectivity index is 1.97. The summed E-state index contributed by atoms with van der Waals surface area (Å²) in [4.78, 5) is 0. The van der Waals surface area contributed by atoms with E-state index in [1.807, 2.05) is 24.3 Å². The molecule has 2 atom stereocenters. The van der Waals surface area contributed by atoms with Crippen LogP contribution in [0.4, 0.5) is 0 Å². The second kappa shape index (κ2) is 8.40. The van der Waals surface area contributed by atoms with Crippen LogP contribution in [-0.2, 0) is 0 Å². The van der Waals surface area contributed by atoms with E-state index in [2.05, 4.69) is 0 Å². The molecule has 0 aromatic heterocycles. The lowest BCUT2D eigenvalue weighted by atomic mass is 9.85. The first kappa shape index (κ1) is 16.3. The van der Waals surface area contributed by atoms with Crippen LogP contribution in [0.1, 0.15) is 56.4 Å². The van der Waals surface area contributed by atoms with Crippen molar-refractivity contribution in [1.29, 1.82) is 0 Å². The highest BCUT2D eigenvalue weighted by Gasteiger charge is 2.24. The molecule has 0 saturated heterocycles. The van der Waals surface area contributed by atoms with Crippen LogP contribution < -0.4 is 10.5 Å². The van der Waals surface area contributed by atoms with Crippen molar-refractivity contribution >= 4 is 0 Å². The molecule has 1 aromatic carbocycles.